The molecule has 2 rings (SSSR count). The second-order valence-corrected chi connectivity index (χ2v) is 5.24. The minimum absolute atomic E-state index is 0.217. The molecule has 0 radical (unpaired) electrons. The molecule has 1 unspecified atom stereocenters. The van der Waals surface area contributed by atoms with Crippen molar-refractivity contribution in [1.29, 1.82) is 0 Å². The lowest BCUT2D eigenvalue weighted by Gasteiger charge is -2.21. The van der Waals surface area contributed by atoms with Gasteiger partial charge in [0.05, 0.1) is 6.61 Å². The molecule has 1 aromatic heterocycles. The molecule has 0 aliphatic carbocycles. The summed E-state index contributed by atoms with van der Waals surface area (Å²) in [7, 11) is 0. The van der Waals surface area contributed by atoms with Crippen molar-refractivity contribution in [3.05, 3.63) is 53.6 Å². The largest absolute Gasteiger partial charge is 0.489 e. The fourth-order valence-corrected chi connectivity index (χ4v) is 1.93. The van der Waals surface area contributed by atoms with Gasteiger partial charge < -0.3 is 14.6 Å². The number of hydrogen-bond donors (Lipinski definition) is 1. The third-order valence-corrected chi connectivity index (χ3v) is 3.33. The van der Waals surface area contributed by atoms with Gasteiger partial charge in [-0.3, -0.25) is 0 Å². The molecule has 122 valence electrons. The zero-order valence-electron chi connectivity index (χ0n) is 13.4. The maximum atomic E-state index is 11.8. The zero-order chi connectivity index (χ0) is 16.9. The van der Waals surface area contributed by atoms with Gasteiger partial charge in [-0.05, 0) is 38.5 Å². The van der Waals surface area contributed by atoms with E-state index in [1.807, 2.05) is 6.92 Å². The van der Waals surface area contributed by atoms with E-state index >= 15 is 0 Å². The molecule has 23 heavy (non-hydrogen) atoms. The van der Waals surface area contributed by atoms with Crippen LogP contribution in [0.15, 0.2) is 36.7 Å². The standard InChI is InChI=1S/C17H20N2O4/c1-4-22-16(20)17(3,21)14-5-7-15(8-6-14)23-11-13-9-18-12(2)19-10-13/h5-10,21H,4,11H2,1-3H3. The summed E-state index contributed by atoms with van der Waals surface area (Å²) in [6.07, 6.45) is 3.42. The molecule has 6 heteroatoms. The number of rotatable bonds is 6. The Bertz CT molecular complexity index is 651. The highest BCUT2D eigenvalue weighted by Crippen LogP contribution is 2.25. The van der Waals surface area contributed by atoms with E-state index in [4.69, 9.17) is 9.47 Å². The van der Waals surface area contributed by atoms with Crippen molar-refractivity contribution in [2.75, 3.05) is 6.61 Å². The summed E-state index contributed by atoms with van der Waals surface area (Å²) in [6, 6.07) is 6.66. The molecule has 0 aliphatic heterocycles. The second-order valence-electron chi connectivity index (χ2n) is 5.24. The van der Waals surface area contributed by atoms with E-state index in [0.717, 1.165) is 5.56 Å². The maximum absolute atomic E-state index is 11.8. The molecule has 0 spiro atoms. The van der Waals surface area contributed by atoms with Crippen LogP contribution in [0.1, 0.15) is 30.8 Å². The monoisotopic (exact) mass is 316 g/mol. The summed E-state index contributed by atoms with van der Waals surface area (Å²) < 4.78 is 10.5. The Morgan fingerprint density at radius 3 is 2.39 bits per heavy atom. The third-order valence-electron chi connectivity index (χ3n) is 3.33. The molecule has 1 aromatic carbocycles. The Labute approximate surface area is 135 Å². The molecule has 1 N–H and O–H groups in total. The van der Waals surface area contributed by atoms with Gasteiger partial charge in [0.2, 0.25) is 0 Å². The van der Waals surface area contributed by atoms with E-state index in [2.05, 4.69) is 9.97 Å². The Morgan fingerprint density at radius 2 is 1.83 bits per heavy atom. The number of aliphatic hydroxyl groups is 1. The molecule has 0 saturated heterocycles. The molecule has 0 bridgehead atoms. The zero-order valence-corrected chi connectivity index (χ0v) is 13.4. The van der Waals surface area contributed by atoms with E-state index in [-0.39, 0.29) is 6.61 Å². The number of esters is 1. The van der Waals surface area contributed by atoms with Crippen LogP contribution in [0.25, 0.3) is 0 Å². The molecule has 0 saturated carbocycles. The van der Waals surface area contributed by atoms with Crippen LogP contribution in [0.3, 0.4) is 0 Å². The summed E-state index contributed by atoms with van der Waals surface area (Å²) >= 11 is 0. The lowest BCUT2D eigenvalue weighted by atomic mass is 9.96. The van der Waals surface area contributed by atoms with Gasteiger partial charge in [0.1, 0.15) is 18.2 Å². The molecule has 0 amide bonds. The van der Waals surface area contributed by atoms with Crippen LogP contribution < -0.4 is 4.74 Å². The molecule has 6 nitrogen and oxygen atoms in total. The molecular weight excluding hydrogens is 296 g/mol. The third kappa shape index (κ3) is 4.26. The number of carbonyl (C=O) groups is 1. The second kappa shape index (κ2) is 7.19. The van der Waals surface area contributed by atoms with Crippen LogP contribution in [-0.2, 0) is 21.7 Å². The van der Waals surface area contributed by atoms with Gasteiger partial charge in [-0.2, -0.15) is 0 Å². The number of hydrogen-bond acceptors (Lipinski definition) is 6. The van der Waals surface area contributed by atoms with Crippen molar-refractivity contribution in [2.45, 2.75) is 33.0 Å². The predicted octanol–water partition coefficient (Wildman–Crippen LogP) is 2.13. The number of nitrogens with zero attached hydrogens (tertiary/aromatic N) is 2. The molecule has 1 atom stereocenters. The molecule has 0 fully saturated rings. The predicted molar refractivity (Wildman–Crippen MR) is 83.7 cm³/mol. The lowest BCUT2D eigenvalue weighted by molar-refractivity contribution is -0.164. The first-order valence-electron chi connectivity index (χ1n) is 7.34. The summed E-state index contributed by atoms with van der Waals surface area (Å²) in [5.41, 5.74) is -0.376. The number of carbonyl (C=O) groups excluding carboxylic acids is 1. The Balaban J connectivity index is 2.01. The van der Waals surface area contributed by atoms with Crippen LogP contribution in [0, 0.1) is 6.92 Å². The topological polar surface area (TPSA) is 81.5 Å². The van der Waals surface area contributed by atoms with Gasteiger partial charge in [-0.25, -0.2) is 14.8 Å². The van der Waals surface area contributed by atoms with E-state index in [0.29, 0.717) is 23.7 Å². The van der Waals surface area contributed by atoms with Crippen LogP contribution >= 0.6 is 0 Å². The number of benzene rings is 1. The van der Waals surface area contributed by atoms with E-state index < -0.39 is 11.6 Å². The lowest BCUT2D eigenvalue weighted by Crippen LogP contribution is -2.34. The average Bonchev–Trinajstić information content (AvgIpc) is 2.55. The van der Waals surface area contributed by atoms with E-state index in [1.165, 1.54) is 6.92 Å². The number of aromatic nitrogens is 2. The van der Waals surface area contributed by atoms with Crippen molar-refractivity contribution < 1.29 is 19.4 Å². The minimum Gasteiger partial charge on any atom is -0.489 e. The van der Waals surface area contributed by atoms with Crippen molar-refractivity contribution in [3.63, 3.8) is 0 Å². The highest BCUT2D eigenvalue weighted by Gasteiger charge is 2.33. The minimum atomic E-state index is -1.68. The first-order chi connectivity index (χ1) is 10.9. The van der Waals surface area contributed by atoms with Gasteiger partial charge in [0.15, 0.2) is 5.60 Å². The smallest absolute Gasteiger partial charge is 0.342 e. The molecule has 0 aliphatic rings. The number of ether oxygens (including phenoxy) is 2. The quantitative estimate of drug-likeness (QED) is 0.822. The van der Waals surface area contributed by atoms with E-state index in [9.17, 15) is 9.90 Å². The normalized spacial score (nSPS) is 13.2. The highest BCUT2D eigenvalue weighted by atomic mass is 16.5. The van der Waals surface area contributed by atoms with Crippen molar-refractivity contribution in [2.24, 2.45) is 0 Å². The fraction of sp³-hybridized carbons (Fsp3) is 0.353. The Hall–Kier alpha value is -2.47. The summed E-state index contributed by atoms with van der Waals surface area (Å²) in [5, 5.41) is 10.3. The van der Waals surface area contributed by atoms with Gasteiger partial charge in [-0.1, -0.05) is 12.1 Å². The van der Waals surface area contributed by atoms with Crippen molar-refractivity contribution >= 4 is 5.97 Å². The Morgan fingerprint density at radius 1 is 1.22 bits per heavy atom. The maximum Gasteiger partial charge on any atom is 0.342 e. The molecule has 1 heterocycles. The summed E-state index contributed by atoms with van der Waals surface area (Å²) in [5.74, 6) is 0.652. The average molecular weight is 316 g/mol. The Kier molecular flexibility index (Phi) is 5.28. The van der Waals surface area contributed by atoms with Crippen molar-refractivity contribution in [1.82, 2.24) is 9.97 Å². The van der Waals surface area contributed by atoms with Gasteiger partial charge in [0.25, 0.3) is 0 Å². The highest BCUT2D eigenvalue weighted by molar-refractivity contribution is 5.80. The van der Waals surface area contributed by atoms with Crippen molar-refractivity contribution in [3.8, 4) is 5.75 Å². The van der Waals surface area contributed by atoms with Crippen LogP contribution in [0.5, 0.6) is 5.75 Å². The van der Waals surface area contributed by atoms with Crippen LogP contribution in [-0.4, -0.2) is 27.7 Å². The van der Waals surface area contributed by atoms with Crippen LogP contribution in [0.2, 0.25) is 0 Å². The molecular formula is C17H20N2O4. The number of aryl methyl sites for hydroxylation is 1. The first kappa shape index (κ1) is 16.9. The van der Waals surface area contributed by atoms with Gasteiger partial charge >= 0.3 is 5.97 Å². The molecule has 2 aromatic rings. The van der Waals surface area contributed by atoms with E-state index in [1.54, 1.807) is 43.6 Å². The summed E-state index contributed by atoms with van der Waals surface area (Å²) in [6.45, 7) is 5.48. The summed E-state index contributed by atoms with van der Waals surface area (Å²) in [4.78, 5) is 20.0. The van der Waals surface area contributed by atoms with Gasteiger partial charge in [-0.15, -0.1) is 0 Å². The SMILES string of the molecule is CCOC(=O)C(C)(O)c1ccc(OCc2cnc(C)nc2)cc1. The van der Waals surface area contributed by atoms with Crippen LogP contribution in [0.4, 0.5) is 0 Å². The van der Waals surface area contributed by atoms with Gasteiger partial charge in [0, 0.05) is 18.0 Å². The fourth-order valence-electron chi connectivity index (χ4n) is 1.93. The first-order valence-corrected chi connectivity index (χ1v) is 7.34.